The summed E-state index contributed by atoms with van der Waals surface area (Å²) < 4.78 is 5.44. The minimum atomic E-state index is 0.259. The average Bonchev–Trinajstić information content (AvgIpc) is 2.24. The molecule has 4 nitrogen and oxygen atoms in total. The lowest BCUT2D eigenvalue weighted by molar-refractivity contribution is 0.126. The van der Waals surface area contributed by atoms with E-state index in [0.29, 0.717) is 12.5 Å². The summed E-state index contributed by atoms with van der Waals surface area (Å²) in [5, 5.41) is 3.34. The van der Waals surface area contributed by atoms with Gasteiger partial charge >= 0.3 is 0 Å². The Morgan fingerprint density at radius 3 is 2.81 bits per heavy atom. The lowest BCUT2D eigenvalue weighted by Crippen LogP contribution is -2.31. The molecule has 0 saturated carbocycles. The Balaban J connectivity index is 2.60. The third-order valence-electron chi connectivity index (χ3n) is 2.42. The predicted octanol–water partition coefficient (Wildman–Crippen LogP) is 2.14. The maximum Gasteiger partial charge on any atom is 0.128 e. The molecule has 16 heavy (non-hydrogen) atoms. The Morgan fingerprint density at radius 2 is 2.25 bits per heavy atom. The van der Waals surface area contributed by atoms with E-state index in [4.69, 9.17) is 10.5 Å². The molecular weight excluding hydrogens is 202 g/mol. The summed E-state index contributed by atoms with van der Waals surface area (Å²) in [4.78, 5) is 4.22. The molecule has 0 bridgehead atoms. The Bertz CT molecular complexity index is 315. The topological polar surface area (TPSA) is 60.2 Å². The summed E-state index contributed by atoms with van der Waals surface area (Å²) in [5.41, 5.74) is 6.42. The molecular formula is C12H21N3O. The quantitative estimate of drug-likeness (QED) is 0.775. The Kier molecular flexibility index (Phi) is 5.05. The third-order valence-corrected chi connectivity index (χ3v) is 2.42. The summed E-state index contributed by atoms with van der Waals surface area (Å²) in [6.07, 6.45) is 1.70. The minimum Gasteiger partial charge on any atom is -0.399 e. The van der Waals surface area contributed by atoms with Crippen LogP contribution < -0.4 is 11.1 Å². The SMILES string of the molecule is CCOCC(Nc1cc(N)ccn1)C(C)C. The van der Waals surface area contributed by atoms with Crippen LogP contribution in [0.15, 0.2) is 18.3 Å². The van der Waals surface area contributed by atoms with E-state index in [-0.39, 0.29) is 6.04 Å². The van der Waals surface area contributed by atoms with Crippen LogP contribution in [0, 0.1) is 5.92 Å². The number of nitrogens with two attached hydrogens (primary N) is 1. The molecule has 0 aliphatic carbocycles. The van der Waals surface area contributed by atoms with Crippen LogP contribution in [0.25, 0.3) is 0 Å². The van der Waals surface area contributed by atoms with Gasteiger partial charge in [0.25, 0.3) is 0 Å². The first-order chi connectivity index (χ1) is 7.63. The van der Waals surface area contributed by atoms with Crippen LogP contribution in [0.2, 0.25) is 0 Å². The maximum absolute atomic E-state index is 5.70. The zero-order valence-electron chi connectivity index (χ0n) is 10.2. The maximum atomic E-state index is 5.70. The molecule has 1 unspecified atom stereocenters. The van der Waals surface area contributed by atoms with Gasteiger partial charge in [-0.25, -0.2) is 4.98 Å². The van der Waals surface area contributed by atoms with E-state index in [1.807, 2.05) is 13.0 Å². The normalized spacial score (nSPS) is 12.8. The van der Waals surface area contributed by atoms with Crippen LogP contribution in [0.5, 0.6) is 0 Å². The molecule has 0 aliphatic rings. The summed E-state index contributed by atoms with van der Waals surface area (Å²) in [5.74, 6) is 1.29. The van der Waals surface area contributed by atoms with Crippen LogP contribution >= 0.6 is 0 Å². The van der Waals surface area contributed by atoms with Gasteiger partial charge in [-0.1, -0.05) is 13.8 Å². The highest BCUT2D eigenvalue weighted by molar-refractivity contribution is 5.48. The first kappa shape index (κ1) is 12.8. The first-order valence-corrected chi connectivity index (χ1v) is 5.69. The van der Waals surface area contributed by atoms with Gasteiger partial charge in [-0.3, -0.25) is 0 Å². The number of anilines is 2. The molecule has 0 aliphatic heterocycles. The molecule has 1 aromatic heterocycles. The van der Waals surface area contributed by atoms with Gasteiger partial charge in [0.05, 0.1) is 12.6 Å². The first-order valence-electron chi connectivity index (χ1n) is 5.69. The van der Waals surface area contributed by atoms with Gasteiger partial charge in [-0.05, 0) is 18.9 Å². The van der Waals surface area contributed by atoms with Crippen molar-refractivity contribution in [2.24, 2.45) is 5.92 Å². The van der Waals surface area contributed by atoms with E-state index in [1.165, 1.54) is 0 Å². The average molecular weight is 223 g/mol. The summed E-state index contributed by atoms with van der Waals surface area (Å²) in [7, 11) is 0. The monoisotopic (exact) mass is 223 g/mol. The fraction of sp³-hybridized carbons (Fsp3) is 0.583. The van der Waals surface area contributed by atoms with Crippen LogP contribution in [0.3, 0.4) is 0 Å². The van der Waals surface area contributed by atoms with E-state index in [9.17, 15) is 0 Å². The van der Waals surface area contributed by atoms with E-state index in [1.54, 1.807) is 12.3 Å². The molecule has 0 amide bonds. The highest BCUT2D eigenvalue weighted by Crippen LogP contribution is 2.13. The van der Waals surface area contributed by atoms with Crippen LogP contribution in [0.1, 0.15) is 20.8 Å². The van der Waals surface area contributed by atoms with Crippen molar-refractivity contribution in [2.45, 2.75) is 26.8 Å². The predicted molar refractivity (Wildman–Crippen MR) is 67.4 cm³/mol. The lowest BCUT2D eigenvalue weighted by Gasteiger charge is -2.22. The number of pyridine rings is 1. The van der Waals surface area contributed by atoms with Gasteiger partial charge in [0.2, 0.25) is 0 Å². The standard InChI is InChI=1S/C12H21N3O/c1-4-16-8-11(9(2)3)15-12-7-10(13)5-6-14-12/h5-7,9,11H,4,8H2,1-3H3,(H3,13,14,15). The molecule has 0 saturated heterocycles. The lowest BCUT2D eigenvalue weighted by atomic mass is 10.1. The number of nitrogens with one attached hydrogen (secondary N) is 1. The van der Waals surface area contributed by atoms with Gasteiger partial charge in [-0.15, -0.1) is 0 Å². The second-order valence-electron chi connectivity index (χ2n) is 4.13. The van der Waals surface area contributed by atoms with Crippen molar-refractivity contribution in [1.82, 2.24) is 4.98 Å². The van der Waals surface area contributed by atoms with Gasteiger partial charge in [0, 0.05) is 24.6 Å². The smallest absolute Gasteiger partial charge is 0.128 e. The zero-order chi connectivity index (χ0) is 12.0. The Hall–Kier alpha value is -1.29. The molecule has 1 rings (SSSR count). The highest BCUT2D eigenvalue weighted by Gasteiger charge is 2.13. The van der Waals surface area contributed by atoms with Crippen LogP contribution in [-0.2, 0) is 4.74 Å². The molecule has 0 fully saturated rings. The van der Waals surface area contributed by atoms with E-state index < -0.39 is 0 Å². The molecule has 4 heteroatoms. The largest absolute Gasteiger partial charge is 0.399 e. The van der Waals surface area contributed by atoms with Crippen molar-refractivity contribution in [3.8, 4) is 0 Å². The van der Waals surface area contributed by atoms with Crippen LogP contribution in [0.4, 0.5) is 11.5 Å². The van der Waals surface area contributed by atoms with Gasteiger partial charge in [0.1, 0.15) is 5.82 Å². The third kappa shape index (κ3) is 4.06. The fourth-order valence-electron chi connectivity index (χ4n) is 1.36. The number of rotatable bonds is 6. The molecule has 0 spiro atoms. The number of aromatic nitrogens is 1. The summed E-state index contributed by atoms with van der Waals surface area (Å²) in [6, 6.07) is 3.87. The van der Waals surface area contributed by atoms with Crippen molar-refractivity contribution in [3.05, 3.63) is 18.3 Å². The summed E-state index contributed by atoms with van der Waals surface area (Å²) in [6.45, 7) is 7.72. The number of nitrogens with zero attached hydrogens (tertiary/aromatic N) is 1. The van der Waals surface area contributed by atoms with Crippen molar-refractivity contribution < 1.29 is 4.74 Å². The number of hydrogen-bond donors (Lipinski definition) is 2. The molecule has 0 radical (unpaired) electrons. The van der Waals surface area contributed by atoms with Gasteiger partial charge in [0.15, 0.2) is 0 Å². The van der Waals surface area contributed by atoms with Crippen LogP contribution in [-0.4, -0.2) is 24.2 Å². The minimum absolute atomic E-state index is 0.259. The van der Waals surface area contributed by atoms with Gasteiger partial charge < -0.3 is 15.8 Å². The van der Waals surface area contributed by atoms with E-state index in [2.05, 4.69) is 24.1 Å². The second kappa shape index (κ2) is 6.33. The van der Waals surface area contributed by atoms with Crippen molar-refractivity contribution >= 4 is 11.5 Å². The van der Waals surface area contributed by atoms with Crippen molar-refractivity contribution in [3.63, 3.8) is 0 Å². The Labute approximate surface area is 97.2 Å². The molecule has 90 valence electrons. The van der Waals surface area contributed by atoms with Crippen molar-refractivity contribution in [2.75, 3.05) is 24.3 Å². The number of ether oxygens (including phenoxy) is 1. The summed E-state index contributed by atoms with van der Waals surface area (Å²) >= 11 is 0. The second-order valence-corrected chi connectivity index (χ2v) is 4.13. The molecule has 1 heterocycles. The zero-order valence-corrected chi connectivity index (χ0v) is 10.2. The molecule has 1 atom stereocenters. The highest BCUT2D eigenvalue weighted by atomic mass is 16.5. The van der Waals surface area contributed by atoms with Crippen molar-refractivity contribution in [1.29, 1.82) is 0 Å². The number of nitrogen functional groups attached to an aromatic ring is 1. The van der Waals surface area contributed by atoms with E-state index >= 15 is 0 Å². The molecule has 3 N–H and O–H groups in total. The Morgan fingerprint density at radius 1 is 1.50 bits per heavy atom. The number of hydrogen-bond acceptors (Lipinski definition) is 4. The fourth-order valence-corrected chi connectivity index (χ4v) is 1.36. The molecule has 0 aromatic carbocycles. The van der Waals surface area contributed by atoms with Gasteiger partial charge in [-0.2, -0.15) is 0 Å². The molecule has 1 aromatic rings. The van der Waals surface area contributed by atoms with E-state index in [0.717, 1.165) is 18.1 Å².